The lowest BCUT2D eigenvalue weighted by atomic mass is 9.75. The van der Waals surface area contributed by atoms with Crippen molar-refractivity contribution in [3.05, 3.63) is 0 Å². The van der Waals surface area contributed by atoms with Crippen molar-refractivity contribution < 1.29 is 28.9 Å². The van der Waals surface area contributed by atoms with Crippen LogP contribution in [0, 0.1) is 5.92 Å². The van der Waals surface area contributed by atoms with Crippen LogP contribution in [-0.2, 0) is 23.8 Å². The number of esters is 2. The van der Waals surface area contributed by atoms with Crippen molar-refractivity contribution in [3.63, 3.8) is 0 Å². The van der Waals surface area contributed by atoms with Gasteiger partial charge in [0.25, 0.3) is 0 Å². The van der Waals surface area contributed by atoms with Crippen molar-refractivity contribution in [2.24, 2.45) is 5.92 Å². The van der Waals surface area contributed by atoms with E-state index in [0.29, 0.717) is 6.42 Å². The summed E-state index contributed by atoms with van der Waals surface area (Å²) in [5.74, 6) is -0.938. The first kappa shape index (κ1) is 14.3. The third-order valence-electron chi connectivity index (χ3n) is 3.84. The lowest BCUT2D eigenvalue weighted by Gasteiger charge is -2.39. The minimum atomic E-state index is -1.27. The first-order chi connectivity index (χ1) is 8.84. The Balaban J connectivity index is 2.25. The van der Waals surface area contributed by atoms with Crippen LogP contribution in [0.2, 0.25) is 0 Å². The molecule has 1 saturated carbocycles. The lowest BCUT2D eigenvalue weighted by molar-refractivity contribution is -0.197. The van der Waals surface area contributed by atoms with E-state index in [9.17, 15) is 14.7 Å². The van der Waals surface area contributed by atoms with Crippen molar-refractivity contribution in [1.29, 1.82) is 0 Å². The van der Waals surface area contributed by atoms with E-state index < -0.39 is 36.0 Å². The van der Waals surface area contributed by atoms with Crippen LogP contribution in [0.25, 0.3) is 0 Å². The van der Waals surface area contributed by atoms with Gasteiger partial charge >= 0.3 is 11.9 Å². The fraction of sp³-hybridized carbons (Fsp3) is 0.846. The molecule has 1 aliphatic carbocycles. The van der Waals surface area contributed by atoms with E-state index in [1.807, 2.05) is 6.92 Å². The van der Waals surface area contributed by atoms with Crippen molar-refractivity contribution >= 4 is 11.9 Å². The Hall–Kier alpha value is -1.14. The maximum atomic E-state index is 11.2. The van der Waals surface area contributed by atoms with Gasteiger partial charge in [-0.3, -0.25) is 9.59 Å². The first-order valence-electron chi connectivity index (χ1n) is 6.57. The molecule has 2 rings (SSSR count). The second kappa shape index (κ2) is 5.09. The van der Waals surface area contributed by atoms with Gasteiger partial charge < -0.3 is 19.3 Å². The summed E-state index contributed by atoms with van der Waals surface area (Å²) in [5, 5.41) is 10.8. The van der Waals surface area contributed by atoms with Gasteiger partial charge in [-0.15, -0.1) is 0 Å². The van der Waals surface area contributed by atoms with Crippen LogP contribution in [0.4, 0.5) is 0 Å². The molecule has 108 valence electrons. The summed E-state index contributed by atoms with van der Waals surface area (Å²) in [4.78, 5) is 22.3. The topological polar surface area (TPSA) is 82.1 Å². The van der Waals surface area contributed by atoms with E-state index in [0.717, 1.165) is 12.8 Å². The van der Waals surface area contributed by atoms with Gasteiger partial charge in [0.2, 0.25) is 6.29 Å². The Morgan fingerprint density at radius 3 is 2.47 bits per heavy atom. The van der Waals surface area contributed by atoms with Gasteiger partial charge in [-0.2, -0.15) is 0 Å². The summed E-state index contributed by atoms with van der Waals surface area (Å²) in [5.41, 5.74) is -1.27. The van der Waals surface area contributed by atoms with Gasteiger partial charge in [0.05, 0.1) is 6.10 Å². The van der Waals surface area contributed by atoms with Gasteiger partial charge in [-0.25, -0.2) is 0 Å². The monoisotopic (exact) mass is 272 g/mol. The standard InChI is InChI=1S/C13H20O6/c1-7-5-4-6-13(16)10(7)19-12(18-9(3)15)11(13)17-8(2)14/h7,10-12,16H,4-6H2,1-3H3/t7-,10-,11-,12?,13-/m0/s1. The number of hydrogen-bond donors (Lipinski definition) is 1. The number of ether oxygens (including phenoxy) is 3. The molecule has 1 saturated heterocycles. The molecule has 6 heteroatoms. The first-order valence-corrected chi connectivity index (χ1v) is 6.57. The predicted octanol–water partition coefficient (Wildman–Crippen LogP) is 0.757. The van der Waals surface area contributed by atoms with E-state index in [1.54, 1.807) is 0 Å². The number of hydrogen-bond acceptors (Lipinski definition) is 6. The summed E-state index contributed by atoms with van der Waals surface area (Å²) in [6.45, 7) is 4.48. The molecule has 0 spiro atoms. The molecule has 1 aliphatic heterocycles. The number of carbonyl (C=O) groups is 2. The average molecular weight is 272 g/mol. The highest BCUT2D eigenvalue weighted by Gasteiger charge is 2.61. The van der Waals surface area contributed by atoms with Crippen molar-refractivity contribution in [2.45, 2.75) is 64.1 Å². The molecule has 5 atom stereocenters. The van der Waals surface area contributed by atoms with Crippen LogP contribution < -0.4 is 0 Å². The van der Waals surface area contributed by atoms with Gasteiger partial charge in [0.1, 0.15) is 5.60 Å². The van der Waals surface area contributed by atoms with Crippen LogP contribution in [0.1, 0.15) is 40.0 Å². The Kier molecular flexibility index (Phi) is 3.82. The van der Waals surface area contributed by atoms with Crippen LogP contribution in [0.5, 0.6) is 0 Å². The molecule has 6 nitrogen and oxygen atoms in total. The van der Waals surface area contributed by atoms with Crippen LogP contribution in [0.3, 0.4) is 0 Å². The number of aliphatic hydroxyl groups is 1. The third-order valence-corrected chi connectivity index (χ3v) is 3.84. The summed E-state index contributed by atoms with van der Waals surface area (Å²) < 4.78 is 15.8. The van der Waals surface area contributed by atoms with Gasteiger partial charge in [0, 0.05) is 13.8 Å². The molecule has 1 heterocycles. The molecule has 2 aliphatic rings. The summed E-state index contributed by atoms with van der Waals surface area (Å²) in [7, 11) is 0. The zero-order valence-corrected chi connectivity index (χ0v) is 11.4. The minimum Gasteiger partial charge on any atom is -0.453 e. The highest BCUT2D eigenvalue weighted by Crippen LogP contribution is 2.45. The summed E-state index contributed by atoms with van der Waals surface area (Å²) >= 11 is 0. The van der Waals surface area contributed by atoms with E-state index in [4.69, 9.17) is 14.2 Å². The van der Waals surface area contributed by atoms with Crippen LogP contribution in [-0.4, -0.2) is 41.1 Å². The van der Waals surface area contributed by atoms with Gasteiger partial charge in [0.15, 0.2) is 6.10 Å². The van der Waals surface area contributed by atoms with Gasteiger partial charge in [-0.05, 0) is 25.2 Å². The normalized spacial score (nSPS) is 41.5. The fourth-order valence-electron chi connectivity index (χ4n) is 3.09. The second-order valence-corrected chi connectivity index (χ2v) is 5.43. The molecule has 0 bridgehead atoms. The quantitative estimate of drug-likeness (QED) is 0.747. The Bertz CT molecular complexity index is 381. The molecule has 1 N–H and O–H groups in total. The Morgan fingerprint density at radius 2 is 1.89 bits per heavy atom. The van der Waals surface area contributed by atoms with Crippen molar-refractivity contribution in [1.82, 2.24) is 0 Å². The maximum absolute atomic E-state index is 11.2. The van der Waals surface area contributed by atoms with E-state index >= 15 is 0 Å². The van der Waals surface area contributed by atoms with Gasteiger partial charge in [-0.1, -0.05) is 6.92 Å². The minimum absolute atomic E-state index is 0.123. The van der Waals surface area contributed by atoms with E-state index in [2.05, 4.69) is 0 Å². The van der Waals surface area contributed by atoms with E-state index in [-0.39, 0.29) is 5.92 Å². The Labute approximate surface area is 112 Å². The van der Waals surface area contributed by atoms with Crippen molar-refractivity contribution in [2.75, 3.05) is 0 Å². The summed E-state index contributed by atoms with van der Waals surface area (Å²) in [6.07, 6.45) is -0.250. The lowest BCUT2D eigenvalue weighted by Crippen LogP contribution is -2.54. The number of rotatable bonds is 2. The highest BCUT2D eigenvalue weighted by molar-refractivity contribution is 5.67. The molecular weight excluding hydrogens is 252 g/mol. The highest BCUT2D eigenvalue weighted by atomic mass is 16.7. The molecule has 19 heavy (non-hydrogen) atoms. The molecule has 2 fully saturated rings. The molecule has 0 aromatic carbocycles. The molecular formula is C13H20O6. The predicted molar refractivity (Wildman–Crippen MR) is 63.9 cm³/mol. The zero-order valence-electron chi connectivity index (χ0n) is 11.4. The van der Waals surface area contributed by atoms with Crippen LogP contribution in [0.15, 0.2) is 0 Å². The third kappa shape index (κ3) is 2.60. The SMILES string of the molecule is CC(=O)OC1O[C@H]2[C@@H](C)CCC[C@@]2(O)[C@H]1OC(C)=O. The smallest absolute Gasteiger partial charge is 0.305 e. The Morgan fingerprint density at radius 1 is 1.26 bits per heavy atom. The zero-order chi connectivity index (χ0) is 14.2. The van der Waals surface area contributed by atoms with Crippen LogP contribution >= 0.6 is 0 Å². The molecule has 0 radical (unpaired) electrons. The molecule has 0 amide bonds. The van der Waals surface area contributed by atoms with E-state index in [1.165, 1.54) is 13.8 Å². The molecule has 0 aromatic heterocycles. The average Bonchev–Trinajstić information content (AvgIpc) is 2.53. The number of fused-ring (bicyclic) bond motifs is 1. The number of carbonyl (C=O) groups excluding carboxylic acids is 2. The summed E-state index contributed by atoms with van der Waals surface area (Å²) in [6, 6.07) is 0. The molecule has 0 aromatic rings. The van der Waals surface area contributed by atoms with Crippen molar-refractivity contribution in [3.8, 4) is 0 Å². The molecule has 1 unspecified atom stereocenters. The second-order valence-electron chi connectivity index (χ2n) is 5.43. The maximum Gasteiger partial charge on any atom is 0.305 e. The largest absolute Gasteiger partial charge is 0.453 e. The fourth-order valence-corrected chi connectivity index (χ4v) is 3.09.